The molecule has 6 heteroatoms. The normalized spacial score (nSPS) is 22.4. The minimum atomic E-state index is -1.01. The fraction of sp³-hybridized carbons (Fsp3) is 1.00. The highest BCUT2D eigenvalue weighted by Crippen LogP contribution is 2.45. The summed E-state index contributed by atoms with van der Waals surface area (Å²) in [6.07, 6.45) is -0.148. The van der Waals surface area contributed by atoms with Crippen molar-refractivity contribution in [3.05, 3.63) is 0 Å². The van der Waals surface area contributed by atoms with Gasteiger partial charge in [0.15, 0.2) is 0 Å². The van der Waals surface area contributed by atoms with E-state index >= 15 is 0 Å². The summed E-state index contributed by atoms with van der Waals surface area (Å²) in [5, 5.41) is 18.2. The van der Waals surface area contributed by atoms with Crippen molar-refractivity contribution in [3.63, 3.8) is 0 Å². The molecule has 0 bridgehead atoms. The molecule has 0 amide bonds. The van der Waals surface area contributed by atoms with Crippen LogP contribution in [0.2, 0.25) is 0 Å². The molecule has 0 aromatic heterocycles. The molecular weight excluding hydrogens is 246 g/mol. The van der Waals surface area contributed by atoms with Gasteiger partial charge in [-0.3, -0.25) is 0 Å². The highest BCUT2D eigenvalue weighted by atomic mass is 32.2. The van der Waals surface area contributed by atoms with Crippen molar-refractivity contribution in [2.24, 2.45) is 0 Å². The van der Waals surface area contributed by atoms with Crippen LogP contribution in [0.1, 0.15) is 55.4 Å². The molecule has 1 aliphatic rings. The molecule has 104 valence electrons. The van der Waals surface area contributed by atoms with Gasteiger partial charge in [-0.2, -0.15) is 11.6 Å². The second-order valence-electron chi connectivity index (χ2n) is 6.74. The molecular formula is C12H26B2O3S. The van der Waals surface area contributed by atoms with Crippen LogP contribution in [0, 0.1) is 0 Å². The van der Waals surface area contributed by atoms with Crippen molar-refractivity contribution in [1.82, 2.24) is 0 Å². The van der Waals surface area contributed by atoms with Crippen LogP contribution in [0.25, 0.3) is 0 Å². The van der Waals surface area contributed by atoms with Crippen molar-refractivity contribution in [2.75, 3.05) is 0 Å². The minimum Gasteiger partial charge on any atom is -0.428 e. The van der Waals surface area contributed by atoms with Crippen LogP contribution in [0.15, 0.2) is 0 Å². The molecule has 0 unspecified atom stereocenters. The van der Waals surface area contributed by atoms with Crippen LogP contribution < -0.4 is 0 Å². The number of hydrogen-bond donors (Lipinski definition) is 2. The Labute approximate surface area is 117 Å². The van der Waals surface area contributed by atoms with E-state index in [1.54, 1.807) is 39.3 Å². The van der Waals surface area contributed by atoms with Gasteiger partial charge in [0.25, 0.3) is 0 Å². The lowest BCUT2D eigenvalue weighted by Crippen LogP contribution is -2.44. The van der Waals surface area contributed by atoms with Crippen LogP contribution >= 0.6 is 11.6 Å². The molecule has 0 atom stereocenters. The summed E-state index contributed by atoms with van der Waals surface area (Å²) in [4.78, 5) is 0. The molecule has 3 nitrogen and oxygen atoms in total. The largest absolute Gasteiger partial charge is 0.428 e. The second-order valence-corrected chi connectivity index (χ2v) is 8.46. The lowest BCUT2D eigenvalue weighted by atomic mass is 9.69. The predicted molar refractivity (Wildman–Crippen MR) is 80.9 cm³/mol. The molecule has 0 aromatic carbocycles. The molecule has 0 saturated carbocycles. The van der Waals surface area contributed by atoms with Crippen LogP contribution in [0.5, 0.6) is 0 Å². The smallest absolute Gasteiger partial charge is 0.301 e. The third kappa shape index (κ3) is 4.80. The predicted octanol–water partition coefficient (Wildman–Crippen LogP) is 1.99. The van der Waals surface area contributed by atoms with Crippen molar-refractivity contribution >= 4 is 25.4 Å². The van der Waals surface area contributed by atoms with Gasteiger partial charge in [-0.1, -0.05) is 0 Å². The summed E-state index contributed by atoms with van der Waals surface area (Å²) in [6.45, 7) is 14.8. The highest BCUT2D eigenvalue weighted by Gasteiger charge is 2.47. The maximum atomic E-state index is 9.10. The maximum Gasteiger partial charge on any atom is 0.301 e. The summed E-state index contributed by atoms with van der Waals surface area (Å²) in [5.41, 5.74) is -2.11. The average molecular weight is 272 g/mol. The number of rotatable bonds is 1. The molecule has 1 rings (SSSR count). The van der Waals surface area contributed by atoms with Gasteiger partial charge in [-0.15, -0.1) is 0 Å². The molecule has 1 heterocycles. The van der Waals surface area contributed by atoms with Crippen LogP contribution in [0.3, 0.4) is 0 Å². The monoisotopic (exact) mass is 272 g/mol. The Hall–Kier alpha value is 0.360. The Morgan fingerprint density at radius 1 is 1.00 bits per heavy atom. The van der Waals surface area contributed by atoms with Gasteiger partial charge >= 0.3 is 6.08 Å². The Balaban J connectivity index is 0.000000331. The maximum absolute atomic E-state index is 9.10. The van der Waals surface area contributed by atoms with Crippen LogP contribution in [-0.4, -0.2) is 45.6 Å². The van der Waals surface area contributed by atoms with Gasteiger partial charge in [0, 0.05) is 4.75 Å². The topological polar surface area (TPSA) is 49.7 Å². The molecule has 0 spiro atoms. The summed E-state index contributed by atoms with van der Waals surface area (Å²) in [5.74, 6) is 0. The molecule has 1 aliphatic heterocycles. The first kappa shape index (κ1) is 18.4. The van der Waals surface area contributed by atoms with Gasteiger partial charge in [0.05, 0.1) is 24.5 Å². The first-order valence-corrected chi connectivity index (χ1v) is 7.04. The standard InChI is InChI=1S/C6H12B2OS.C6H14O2/c1-5(2)6(3,4)10-8(7)9-5;1-5(2,7)6(3,4)8/h1-4H3;7-8H,1-4H3. The molecule has 0 aromatic rings. The first-order chi connectivity index (χ1) is 7.60. The number of aliphatic hydroxyl groups is 2. The van der Waals surface area contributed by atoms with E-state index in [9.17, 15) is 0 Å². The SMILES string of the molecule is CC(C)(O)C(C)(C)O.[B]B1OC(C)(C)C(C)(C)S1. The van der Waals surface area contributed by atoms with Crippen LogP contribution in [0.4, 0.5) is 0 Å². The van der Waals surface area contributed by atoms with Crippen molar-refractivity contribution < 1.29 is 14.9 Å². The third-order valence-corrected chi connectivity index (χ3v) is 5.18. The van der Waals surface area contributed by atoms with E-state index in [0.29, 0.717) is 0 Å². The molecule has 2 N–H and O–H groups in total. The van der Waals surface area contributed by atoms with Gasteiger partial charge < -0.3 is 14.9 Å². The first-order valence-electron chi connectivity index (χ1n) is 6.16. The fourth-order valence-corrected chi connectivity index (χ4v) is 2.09. The summed E-state index contributed by atoms with van der Waals surface area (Å²) in [7, 11) is 5.63. The van der Waals surface area contributed by atoms with Crippen molar-refractivity contribution in [1.29, 1.82) is 0 Å². The fourth-order valence-electron chi connectivity index (χ4n) is 0.889. The number of hydrogen-bond acceptors (Lipinski definition) is 4. The lowest BCUT2D eigenvalue weighted by Gasteiger charge is -2.33. The Bertz CT molecular complexity index is 252. The van der Waals surface area contributed by atoms with E-state index in [1.165, 1.54) is 0 Å². The molecule has 2 radical (unpaired) electrons. The van der Waals surface area contributed by atoms with E-state index in [0.717, 1.165) is 0 Å². The Morgan fingerprint density at radius 2 is 1.33 bits per heavy atom. The third-order valence-electron chi connectivity index (χ3n) is 3.77. The summed E-state index contributed by atoms with van der Waals surface area (Å²) >= 11 is 1.69. The van der Waals surface area contributed by atoms with E-state index in [2.05, 4.69) is 27.7 Å². The zero-order chi connectivity index (χ0) is 15.0. The Morgan fingerprint density at radius 3 is 1.39 bits per heavy atom. The van der Waals surface area contributed by atoms with Gasteiger partial charge in [-0.05, 0) is 55.4 Å². The molecule has 0 aliphatic carbocycles. The highest BCUT2D eigenvalue weighted by molar-refractivity contribution is 8.30. The van der Waals surface area contributed by atoms with E-state index < -0.39 is 11.2 Å². The molecule has 1 fully saturated rings. The van der Waals surface area contributed by atoms with Crippen LogP contribution in [-0.2, 0) is 4.65 Å². The quantitative estimate of drug-likeness (QED) is 0.717. The second kappa shape index (κ2) is 5.39. The molecule has 1 saturated heterocycles. The van der Waals surface area contributed by atoms with E-state index in [-0.39, 0.29) is 16.4 Å². The van der Waals surface area contributed by atoms with E-state index in [1.807, 2.05) is 0 Å². The zero-order valence-corrected chi connectivity index (χ0v) is 13.7. The average Bonchev–Trinajstić information content (AvgIpc) is 2.13. The lowest BCUT2D eigenvalue weighted by molar-refractivity contribution is -0.107. The summed E-state index contributed by atoms with van der Waals surface area (Å²) < 4.78 is 5.64. The van der Waals surface area contributed by atoms with Gasteiger partial charge in [-0.25, -0.2) is 0 Å². The molecule has 18 heavy (non-hydrogen) atoms. The summed E-state index contributed by atoms with van der Waals surface area (Å²) in [6, 6.07) is 0. The van der Waals surface area contributed by atoms with Crippen molar-refractivity contribution in [2.45, 2.75) is 76.9 Å². The zero-order valence-electron chi connectivity index (χ0n) is 12.9. The van der Waals surface area contributed by atoms with Crippen molar-refractivity contribution in [3.8, 4) is 0 Å². The Kier molecular flexibility index (Phi) is 5.50. The minimum absolute atomic E-state index is 0.100. The van der Waals surface area contributed by atoms with Gasteiger partial charge in [0.1, 0.15) is 0 Å². The van der Waals surface area contributed by atoms with E-state index in [4.69, 9.17) is 22.6 Å². The van der Waals surface area contributed by atoms with Gasteiger partial charge in [0.2, 0.25) is 0 Å².